The zero-order chi connectivity index (χ0) is 23.5. The molecule has 0 saturated heterocycles. The number of likely N-dealkylation sites (N-methyl/N-ethyl adjacent to an activating group) is 1. The number of carbonyl (C=O) groups excluding carboxylic acids is 1. The minimum absolute atomic E-state index is 0. The van der Waals surface area contributed by atoms with Crippen molar-refractivity contribution < 1.29 is 22.7 Å². The van der Waals surface area contributed by atoms with E-state index in [4.69, 9.17) is 21.1 Å². The van der Waals surface area contributed by atoms with Crippen molar-refractivity contribution in [1.82, 2.24) is 9.88 Å². The standard InChI is InChI=1S/C21H24ClN3O5S2.ClH/c1-24(2)11-12-25(21-23-19-17(30-4)10-9-16(22)20(19)31-21)18(26)13-32(27,28)15-7-5-14(29-3)6-8-15;/h5-10H,11-13H2,1-4H3;1H. The smallest absolute Gasteiger partial charge is 0.244 e. The average Bonchev–Trinajstić information content (AvgIpc) is 3.19. The lowest BCUT2D eigenvalue weighted by molar-refractivity contribution is -0.116. The molecule has 1 heterocycles. The highest BCUT2D eigenvalue weighted by Gasteiger charge is 2.27. The van der Waals surface area contributed by atoms with Gasteiger partial charge in [-0.25, -0.2) is 13.4 Å². The van der Waals surface area contributed by atoms with Gasteiger partial charge in [-0.15, -0.1) is 12.4 Å². The molecule has 12 heteroatoms. The Kier molecular flexibility index (Phi) is 9.33. The number of halogens is 2. The number of sulfone groups is 1. The van der Waals surface area contributed by atoms with Gasteiger partial charge in [0.25, 0.3) is 0 Å². The average molecular weight is 534 g/mol. The van der Waals surface area contributed by atoms with Gasteiger partial charge in [0.2, 0.25) is 5.91 Å². The van der Waals surface area contributed by atoms with Crippen LogP contribution in [0.1, 0.15) is 0 Å². The van der Waals surface area contributed by atoms with Gasteiger partial charge in [-0.05, 0) is 50.5 Å². The molecule has 0 aliphatic rings. The van der Waals surface area contributed by atoms with Crippen LogP contribution >= 0.6 is 35.3 Å². The molecule has 0 bridgehead atoms. The van der Waals surface area contributed by atoms with Crippen LogP contribution < -0.4 is 14.4 Å². The van der Waals surface area contributed by atoms with E-state index in [2.05, 4.69) is 4.98 Å². The Bertz CT molecular complexity index is 1210. The van der Waals surface area contributed by atoms with Gasteiger partial charge in [0.05, 0.1) is 28.8 Å². The van der Waals surface area contributed by atoms with E-state index in [1.165, 1.54) is 42.6 Å². The van der Waals surface area contributed by atoms with E-state index in [1.54, 1.807) is 24.3 Å². The summed E-state index contributed by atoms with van der Waals surface area (Å²) >= 11 is 7.54. The fourth-order valence-corrected chi connectivity index (χ4v) is 5.45. The molecule has 0 aliphatic carbocycles. The Morgan fingerprint density at radius 1 is 1.06 bits per heavy atom. The molecule has 1 aromatic heterocycles. The number of ether oxygens (including phenoxy) is 2. The van der Waals surface area contributed by atoms with Crippen molar-refractivity contribution in [3.63, 3.8) is 0 Å². The second-order valence-electron chi connectivity index (χ2n) is 7.21. The molecule has 0 unspecified atom stereocenters. The Labute approximate surface area is 208 Å². The highest BCUT2D eigenvalue weighted by Crippen LogP contribution is 2.38. The minimum atomic E-state index is -3.86. The van der Waals surface area contributed by atoms with E-state index in [0.29, 0.717) is 38.4 Å². The number of carbonyl (C=O) groups is 1. The van der Waals surface area contributed by atoms with E-state index in [0.717, 1.165) is 0 Å². The van der Waals surface area contributed by atoms with Crippen molar-refractivity contribution in [2.24, 2.45) is 0 Å². The first-order valence-corrected chi connectivity index (χ1v) is 12.5. The summed E-state index contributed by atoms with van der Waals surface area (Å²) in [6.45, 7) is 0.791. The first kappa shape index (κ1) is 27.1. The Morgan fingerprint density at radius 2 is 1.73 bits per heavy atom. The molecule has 1 amide bonds. The molecule has 0 saturated carbocycles. The number of amides is 1. The number of fused-ring (bicyclic) bond motifs is 1. The number of aromatic nitrogens is 1. The third kappa shape index (κ3) is 6.27. The Morgan fingerprint density at radius 3 is 2.30 bits per heavy atom. The number of hydrogen-bond donors (Lipinski definition) is 0. The lowest BCUT2D eigenvalue weighted by atomic mass is 10.3. The molecule has 180 valence electrons. The van der Waals surface area contributed by atoms with Gasteiger partial charge < -0.3 is 14.4 Å². The maximum Gasteiger partial charge on any atom is 0.244 e. The molecule has 0 atom stereocenters. The minimum Gasteiger partial charge on any atom is -0.497 e. The van der Waals surface area contributed by atoms with E-state index in [-0.39, 0.29) is 23.8 Å². The SMILES string of the molecule is COc1ccc(S(=O)(=O)CC(=O)N(CCN(C)C)c2nc3c(OC)ccc(Cl)c3s2)cc1.Cl. The van der Waals surface area contributed by atoms with E-state index in [9.17, 15) is 13.2 Å². The van der Waals surface area contributed by atoms with Crippen LogP contribution in [0.15, 0.2) is 41.3 Å². The van der Waals surface area contributed by atoms with E-state index in [1.807, 2.05) is 19.0 Å². The summed E-state index contributed by atoms with van der Waals surface area (Å²) < 4.78 is 36.9. The van der Waals surface area contributed by atoms with Crippen molar-refractivity contribution in [1.29, 1.82) is 0 Å². The van der Waals surface area contributed by atoms with Crippen LogP contribution in [0.4, 0.5) is 5.13 Å². The molecule has 8 nitrogen and oxygen atoms in total. The predicted molar refractivity (Wildman–Crippen MR) is 134 cm³/mol. The van der Waals surface area contributed by atoms with Gasteiger partial charge in [-0.1, -0.05) is 22.9 Å². The zero-order valence-corrected chi connectivity index (χ0v) is 21.8. The summed E-state index contributed by atoms with van der Waals surface area (Å²) in [5.74, 6) is -0.203. The summed E-state index contributed by atoms with van der Waals surface area (Å²) in [5, 5.41) is 0.846. The van der Waals surface area contributed by atoms with Crippen LogP contribution in [-0.2, 0) is 14.6 Å². The van der Waals surface area contributed by atoms with Crippen molar-refractivity contribution in [3.05, 3.63) is 41.4 Å². The highest BCUT2D eigenvalue weighted by atomic mass is 35.5. The monoisotopic (exact) mass is 533 g/mol. The third-order valence-electron chi connectivity index (χ3n) is 4.70. The first-order chi connectivity index (χ1) is 15.2. The molecule has 0 N–H and O–H groups in total. The number of methoxy groups -OCH3 is 2. The second-order valence-corrected chi connectivity index (χ2v) is 10.6. The number of nitrogens with zero attached hydrogens (tertiary/aromatic N) is 3. The van der Waals surface area contributed by atoms with Gasteiger partial charge in [-0.3, -0.25) is 9.69 Å². The highest BCUT2D eigenvalue weighted by molar-refractivity contribution is 7.92. The van der Waals surface area contributed by atoms with Gasteiger partial charge in [-0.2, -0.15) is 0 Å². The van der Waals surface area contributed by atoms with Crippen molar-refractivity contribution in [2.45, 2.75) is 4.90 Å². The van der Waals surface area contributed by atoms with Crippen LogP contribution in [0.3, 0.4) is 0 Å². The molecule has 3 rings (SSSR count). The maximum atomic E-state index is 13.2. The molecule has 33 heavy (non-hydrogen) atoms. The van der Waals surface area contributed by atoms with Crippen LogP contribution in [0.5, 0.6) is 11.5 Å². The summed E-state index contributed by atoms with van der Waals surface area (Å²) in [5.41, 5.74) is 0.528. The topological polar surface area (TPSA) is 89.0 Å². The van der Waals surface area contributed by atoms with Crippen LogP contribution in [0.25, 0.3) is 10.2 Å². The molecular weight excluding hydrogens is 509 g/mol. The summed E-state index contributed by atoms with van der Waals surface area (Å²) in [6, 6.07) is 9.34. The van der Waals surface area contributed by atoms with Gasteiger partial charge in [0.15, 0.2) is 15.0 Å². The van der Waals surface area contributed by atoms with Crippen molar-refractivity contribution in [3.8, 4) is 11.5 Å². The Balaban J connectivity index is 0.00000385. The molecule has 0 fully saturated rings. The zero-order valence-electron chi connectivity index (χ0n) is 18.6. The molecule has 0 aliphatic heterocycles. The number of thiazole rings is 1. The maximum absolute atomic E-state index is 13.2. The molecule has 2 aromatic carbocycles. The Hall–Kier alpha value is -2.11. The summed E-state index contributed by atoms with van der Waals surface area (Å²) in [4.78, 5) is 21.1. The largest absolute Gasteiger partial charge is 0.497 e. The summed E-state index contributed by atoms with van der Waals surface area (Å²) in [7, 11) is 2.90. The molecule has 0 spiro atoms. The number of anilines is 1. The quantitative estimate of drug-likeness (QED) is 0.413. The van der Waals surface area contributed by atoms with Gasteiger partial charge >= 0.3 is 0 Å². The van der Waals surface area contributed by atoms with Crippen LogP contribution in [0, 0.1) is 0 Å². The lowest BCUT2D eigenvalue weighted by Crippen LogP contribution is -2.40. The normalized spacial score (nSPS) is 11.3. The van der Waals surface area contributed by atoms with Gasteiger partial charge in [0.1, 0.15) is 22.8 Å². The lowest BCUT2D eigenvalue weighted by Gasteiger charge is -2.22. The molecule has 3 aromatic rings. The second kappa shape index (κ2) is 11.3. The van der Waals surface area contributed by atoms with E-state index >= 15 is 0 Å². The number of rotatable bonds is 9. The predicted octanol–water partition coefficient (Wildman–Crippen LogP) is 3.76. The fraction of sp³-hybridized carbons (Fsp3) is 0.333. The van der Waals surface area contributed by atoms with Crippen molar-refractivity contribution >= 4 is 66.4 Å². The van der Waals surface area contributed by atoms with Crippen LogP contribution in [0.2, 0.25) is 5.02 Å². The van der Waals surface area contributed by atoms with Crippen molar-refractivity contribution in [2.75, 3.05) is 52.1 Å². The van der Waals surface area contributed by atoms with E-state index < -0.39 is 21.5 Å². The summed E-state index contributed by atoms with van der Waals surface area (Å²) in [6.07, 6.45) is 0. The third-order valence-corrected chi connectivity index (χ3v) is 7.86. The van der Waals surface area contributed by atoms with Crippen LogP contribution in [-0.4, -0.2) is 71.4 Å². The molecular formula is C21H25Cl2N3O5S2. The van der Waals surface area contributed by atoms with Gasteiger partial charge in [0, 0.05) is 13.1 Å². The number of hydrogen-bond acceptors (Lipinski definition) is 8. The molecule has 0 radical (unpaired) electrons. The fourth-order valence-electron chi connectivity index (χ4n) is 2.96. The number of benzene rings is 2. The first-order valence-electron chi connectivity index (χ1n) is 9.61.